The smallest absolute Gasteiger partial charge is 0.266 e. The highest BCUT2D eigenvalue weighted by atomic mass is 16.5. The fraction of sp³-hybridized carbons (Fsp3) is 0.372. The van der Waals surface area contributed by atoms with E-state index in [2.05, 4.69) is 31.6 Å². The van der Waals surface area contributed by atoms with E-state index >= 15 is 0 Å². The molecule has 4 aromatic rings. The molecule has 2 atom stereocenters. The summed E-state index contributed by atoms with van der Waals surface area (Å²) in [5, 5.41) is 15.6. The minimum atomic E-state index is -1.08. The lowest BCUT2D eigenvalue weighted by atomic mass is 10.0. The van der Waals surface area contributed by atoms with Crippen molar-refractivity contribution in [2.75, 3.05) is 30.8 Å². The van der Waals surface area contributed by atoms with Crippen molar-refractivity contribution in [1.82, 2.24) is 25.8 Å². The van der Waals surface area contributed by atoms with Gasteiger partial charge in [0, 0.05) is 49.5 Å². The first-order valence-corrected chi connectivity index (χ1v) is 19.7. The second kappa shape index (κ2) is 19.0. The molecule has 2 aliphatic heterocycles. The number of amides is 6. The summed E-state index contributed by atoms with van der Waals surface area (Å²) in [7, 11) is 1.61. The Kier molecular flexibility index (Phi) is 13.5. The Labute approximate surface area is 331 Å². The van der Waals surface area contributed by atoms with Gasteiger partial charge >= 0.3 is 0 Å². The number of anilines is 3. The number of ether oxygens (including phenoxy) is 1. The zero-order chi connectivity index (χ0) is 40.3. The Morgan fingerprint density at radius 3 is 2.30 bits per heavy atom. The van der Waals surface area contributed by atoms with Crippen molar-refractivity contribution >= 4 is 63.4 Å². The molecule has 2 aliphatic rings. The summed E-state index contributed by atoms with van der Waals surface area (Å²) in [5.41, 5.74) is 3.94. The first-order chi connectivity index (χ1) is 27.7. The van der Waals surface area contributed by atoms with Crippen LogP contribution >= 0.6 is 0 Å². The maximum atomic E-state index is 13.3. The fourth-order valence-corrected chi connectivity index (χ4v) is 7.13. The Hall–Kier alpha value is -6.31. The lowest BCUT2D eigenvalue weighted by molar-refractivity contribution is -0.136. The van der Waals surface area contributed by atoms with Crippen LogP contribution in [-0.4, -0.2) is 77.6 Å². The van der Waals surface area contributed by atoms with Crippen LogP contribution in [0.3, 0.4) is 0 Å². The van der Waals surface area contributed by atoms with Gasteiger partial charge in [0.1, 0.15) is 11.8 Å². The van der Waals surface area contributed by atoms with E-state index in [4.69, 9.17) is 4.74 Å². The van der Waals surface area contributed by atoms with Crippen LogP contribution in [0.25, 0.3) is 10.9 Å². The average Bonchev–Trinajstić information content (AvgIpc) is 3.47. The van der Waals surface area contributed by atoms with Gasteiger partial charge < -0.3 is 26.0 Å². The third-order valence-electron chi connectivity index (χ3n) is 10.2. The van der Waals surface area contributed by atoms with Crippen molar-refractivity contribution in [3.63, 3.8) is 0 Å². The standard InChI is InChI=1S/C43H49N7O7/c1-27(57-35-18-14-17-30-37(35)43(56)50(42(30)55)34-21-22-36(51)49-41(34)54)39(52)46-24-13-8-6-4-3-5-7-12-23-45-29-19-20-33-31(25-29)38(32(26-47-33)40(53)44-2)48-28-15-10-9-11-16-28/h9-11,14-20,25-27,34,45H,3-8,12-13,21-24H2,1-2H3,(H,44,53)(H,46,52)(H,47,48)(H,49,51,54). The van der Waals surface area contributed by atoms with Crippen LogP contribution in [0.4, 0.5) is 17.1 Å². The van der Waals surface area contributed by atoms with E-state index in [0.29, 0.717) is 17.8 Å². The molecule has 14 heteroatoms. The van der Waals surface area contributed by atoms with Crippen LogP contribution in [0.5, 0.6) is 5.75 Å². The number of carbonyl (C=O) groups excluding carboxylic acids is 6. The molecular formula is C43H49N7O7. The van der Waals surface area contributed by atoms with Gasteiger partial charge in [0.05, 0.1) is 27.9 Å². The van der Waals surface area contributed by atoms with Crippen molar-refractivity contribution in [2.45, 2.75) is 83.3 Å². The quantitative estimate of drug-likeness (QED) is 0.0571. The van der Waals surface area contributed by atoms with Gasteiger partial charge in [-0.15, -0.1) is 0 Å². The van der Waals surface area contributed by atoms with Gasteiger partial charge in [0.15, 0.2) is 6.10 Å². The lowest BCUT2D eigenvalue weighted by Gasteiger charge is -2.27. The normalized spacial score (nSPS) is 15.5. The van der Waals surface area contributed by atoms with Gasteiger partial charge in [-0.1, -0.05) is 62.8 Å². The second-order valence-corrected chi connectivity index (χ2v) is 14.3. The van der Waals surface area contributed by atoms with Crippen LogP contribution < -0.4 is 31.3 Å². The van der Waals surface area contributed by atoms with Crippen molar-refractivity contribution in [3.8, 4) is 5.75 Å². The minimum absolute atomic E-state index is 0.00966. The number of para-hydroxylation sites is 1. The van der Waals surface area contributed by atoms with Gasteiger partial charge in [0.2, 0.25) is 11.8 Å². The van der Waals surface area contributed by atoms with Crippen LogP contribution in [0.15, 0.2) is 72.9 Å². The molecule has 14 nitrogen and oxygen atoms in total. The average molecular weight is 776 g/mol. The number of benzene rings is 3. The number of nitrogens with one attached hydrogen (secondary N) is 5. The summed E-state index contributed by atoms with van der Waals surface area (Å²) < 4.78 is 5.86. The summed E-state index contributed by atoms with van der Waals surface area (Å²) in [5.74, 6) is -2.91. The van der Waals surface area contributed by atoms with Gasteiger partial charge in [-0.3, -0.25) is 44.0 Å². The monoisotopic (exact) mass is 775 g/mol. The topological polar surface area (TPSA) is 188 Å². The van der Waals surface area contributed by atoms with Crippen molar-refractivity contribution < 1.29 is 33.5 Å². The molecule has 6 amide bonds. The SMILES string of the molecule is CNC(=O)c1cnc2ccc(NCCCCCCCCCCNC(=O)C(C)Oc3cccc4c3C(=O)N(C3CCC(=O)NC3=O)C4=O)cc2c1Nc1ccccc1. The number of hydrogen-bond acceptors (Lipinski definition) is 10. The molecule has 0 bridgehead atoms. The maximum absolute atomic E-state index is 13.3. The number of fused-ring (bicyclic) bond motifs is 2. The molecule has 1 fully saturated rings. The van der Waals surface area contributed by atoms with E-state index in [1.807, 2.05) is 48.5 Å². The van der Waals surface area contributed by atoms with Crippen molar-refractivity contribution in [3.05, 3.63) is 89.6 Å². The summed E-state index contributed by atoms with van der Waals surface area (Å²) >= 11 is 0. The molecule has 298 valence electrons. The molecule has 6 rings (SSSR count). The Bertz CT molecular complexity index is 2140. The number of carbonyl (C=O) groups is 6. The fourth-order valence-electron chi connectivity index (χ4n) is 7.13. The summed E-state index contributed by atoms with van der Waals surface area (Å²) in [6.07, 6.45) is 9.16. The molecule has 3 aromatic carbocycles. The highest BCUT2D eigenvalue weighted by Crippen LogP contribution is 2.34. The molecule has 3 heterocycles. The predicted molar refractivity (Wildman–Crippen MR) is 216 cm³/mol. The zero-order valence-corrected chi connectivity index (χ0v) is 32.3. The maximum Gasteiger partial charge on any atom is 0.266 e. The highest BCUT2D eigenvalue weighted by Gasteiger charge is 2.46. The molecule has 57 heavy (non-hydrogen) atoms. The van der Waals surface area contributed by atoms with Crippen LogP contribution in [0.2, 0.25) is 0 Å². The summed E-state index contributed by atoms with van der Waals surface area (Å²) in [6, 6.07) is 19.2. The Morgan fingerprint density at radius 1 is 0.860 bits per heavy atom. The highest BCUT2D eigenvalue weighted by molar-refractivity contribution is 6.24. The summed E-state index contributed by atoms with van der Waals surface area (Å²) in [4.78, 5) is 81.3. The predicted octanol–water partition coefficient (Wildman–Crippen LogP) is 5.86. The van der Waals surface area contributed by atoms with Gasteiger partial charge in [-0.25, -0.2) is 0 Å². The van der Waals surface area contributed by atoms with E-state index in [1.54, 1.807) is 26.2 Å². The molecule has 5 N–H and O–H groups in total. The van der Waals surface area contributed by atoms with Crippen LogP contribution in [0.1, 0.15) is 102 Å². The number of unbranched alkanes of at least 4 members (excludes halogenated alkanes) is 7. The Balaban J connectivity index is 0.861. The molecule has 0 radical (unpaired) electrons. The molecule has 1 aromatic heterocycles. The van der Waals surface area contributed by atoms with Crippen LogP contribution in [0, 0.1) is 0 Å². The first-order valence-electron chi connectivity index (χ1n) is 19.7. The van der Waals surface area contributed by atoms with Gasteiger partial charge in [-0.05, 0) is 68.7 Å². The second-order valence-electron chi connectivity index (χ2n) is 14.3. The van der Waals surface area contributed by atoms with E-state index in [9.17, 15) is 28.8 Å². The summed E-state index contributed by atoms with van der Waals surface area (Å²) in [6.45, 7) is 2.90. The molecule has 0 aliphatic carbocycles. The van der Waals surface area contributed by atoms with Crippen molar-refractivity contribution in [1.29, 1.82) is 0 Å². The van der Waals surface area contributed by atoms with Crippen molar-refractivity contribution in [2.24, 2.45) is 0 Å². The van der Waals surface area contributed by atoms with E-state index in [0.717, 1.165) is 85.1 Å². The molecule has 0 saturated carbocycles. The Morgan fingerprint density at radius 2 is 1.58 bits per heavy atom. The zero-order valence-electron chi connectivity index (χ0n) is 32.3. The lowest BCUT2D eigenvalue weighted by Crippen LogP contribution is -2.54. The molecule has 0 spiro atoms. The number of rotatable bonds is 19. The largest absolute Gasteiger partial charge is 0.480 e. The minimum Gasteiger partial charge on any atom is -0.480 e. The third kappa shape index (κ3) is 9.74. The van der Waals surface area contributed by atoms with Gasteiger partial charge in [0.25, 0.3) is 23.6 Å². The number of nitrogens with zero attached hydrogens (tertiary/aromatic N) is 2. The number of aromatic nitrogens is 1. The van der Waals surface area contributed by atoms with E-state index in [1.165, 1.54) is 12.1 Å². The van der Waals surface area contributed by atoms with E-state index in [-0.39, 0.29) is 41.5 Å². The van der Waals surface area contributed by atoms with Crippen LogP contribution in [-0.2, 0) is 14.4 Å². The molecule has 1 saturated heterocycles. The number of pyridine rings is 1. The number of imide groups is 2. The molecule has 2 unspecified atom stereocenters. The third-order valence-corrected chi connectivity index (χ3v) is 10.2. The van der Waals surface area contributed by atoms with E-state index < -0.39 is 35.8 Å². The van der Waals surface area contributed by atoms with Gasteiger partial charge in [-0.2, -0.15) is 0 Å². The number of piperidine rings is 1. The number of hydrogen-bond donors (Lipinski definition) is 5. The molecular weight excluding hydrogens is 727 g/mol. The first kappa shape index (κ1) is 40.4.